The van der Waals surface area contributed by atoms with Gasteiger partial charge in [-0.25, -0.2) is 4.98 Å². The average molecular weight is 347 g/mol. The van der Waals surface area contributed by atoms with Crippen LogP contribution < -0.4 is 27.3 Å². The molecular weight excluding hydrogens is 329 g/mol. The minimum atomic E-state index is -0.428. The number of aromatic amines is 2. The summed E-state index contributed by atoms with van der Waals surface area (Å²) < 4.78 is 5.42. The lowest BCUT2D eigenvalue weighted by molar-refractivity contribution is 0.407. The summed E-state index contributed by atoms with van der Waals surface area (Å²) in [7, 11) is 5.73. The van der Waals surface area contributed by atoms with Gasteiger partial charge >= 0.3 is 0 Å². The summed E-state index contributed by atoms with van der Waals surface area (Å²) in [6.45, 7) is 5.92. The van der Waals surface area contributed by atoms with Gasteiger partial charge < -0.3 is 14.4 Å². The van der Waals surface area contributed by atoms with Crippen molar-refractivity contribution in [3.8, 4) is 0 Å². The molecule has 0 aliphatic heterocycles. The first-order valence-electron chi connectivity index (χ1n) is 8.09. The van der Waals surface area contributed by atoms with Crippen molar-refractivity contribution in [3.05, 3.63) is 79.1 Å². The van der Waals surface area contributed by atoms with E-state index in [1.54, 1.807) is 30.3 Å². The van der Waals surface area contributed by atoms with Gasteiger partial charge in [0.2, 0.25) is 0 Å². The largest absolute Gasteiger partial charge is 0.447 e. The minimum absolute atomic E-state index is 0.110. The molecule has 2 N–H and O–H groups in total. The first kappa shape index (κ1) is 17.7. The molecule has 0 saturated heterocycles. The van der Waals surface area contributed by atoms with Gasteiger partial charge in [-0.05, 0) is 17.7 Å². The molecule has 0 atom stereocenters. The second-order valence-corrected chi connectivity index (χ2v) is 7.01. The molecule has 2 heterocycles. The first-order chi connectivity index (χ1) is 12.2. The van der Waals surface area contributed by atoms with Crippen molar-refractivity contribution < 1.29 is 4.42 Å². The van der Waals surface area contributed by atoms with Crippen LogP contribution in [0.25, 0.3) is 12.2 Å². The quantitative estimate of drug-likeness (QED) is 0.628. The fraction of sp³-hybridized carbons (Fsp3) is 0.211. The lowest BCUT2D eigenvalue weighted by Gasteiger charge is -2.14. The Morgan fingerprint density at radius 1 is 1.08 bits per heavy atom. The predicted molar refractivity (Wildman–Crippen MR) is 101 cm³/mol. The SMILES string of the molecule is [B]c1cccc(/C=c2\[nH]c(=O)/c(=C/c3ncoc3C(C)(C)C)[nH]c2=O)c1. The third-order valence-corrected chi connectivity index (χ3v) is 3.76. The van der Waals surface area contributed by atoms with E-state index in [0.717, 1.165) is 5.56 Å². The number of hydrogen-bond acceptors (Lipinski definition) is 4. The second kappa shape index (κ2) is 6.67. The Morgan fingerprint density at radius 3 is 2.35 bits per heavy atom. The molecule has 0 aliphatic carbocycles. The normalized spacial score (nSPS) is 13.3. The first-order valence-corrected chi connectivity index (χ1v) is 8.09. The Labute approximate surface area is 150 Å². The number of hydrogen-bond donors (Lipinski definition) is 2. The Kier molecular flexibility index (Phi) is 4.55. The number of rotatable bonds is 2. The number of nitrogens with one attached hydrogen (secondary N) is 2. The van der Waals surface area contributed by atoms with E-state index in [4.69, 9.17) is 12.3 Å². The van der Waals surface area contributed by atoms with E-state index in [1.807, 2.05) is 20.8 Å². The third-order valence-electron chi connectivity index (χ3n) is 3.76. The zero-order valence-corrected chi connectivity index (χ0v) is 14.8. The molecule has 0 unspecified atom stereocenters. The Hall–Kier alpha value is -3.09. The summed E-state index contributed by atoms with van der Waals surface area (Å²) >= 11 is 0. The molecule has 0 spiro atoms. The molecule has 0 saturated carbocycles. The van der Waals surface area contributed by atoms with E-state index in [0.29, 0.717) is 16.9 Å². The van der Waals surface area contributed by atoms with Crippen LogP contribution in [0.4, 0.5) is 0 Å². The van der Waals surface area contributed by atoms with Crippen molar-refractivity contribution in [2.24, 2.45) is 0 Å². The zero-order chi connectivity index (χ0) is 18.9. The van der Waals surface area contributed by atoms with Gasteiger partial charge in [0.15, 0.2) is 6.39 Å². The maximum absolute atomic E-state index is 12.4. The van der Waals surface area contributed by atoms with Gasteiger partial charge in [-0.15, -0.1) is 0 Å². The lowest BCUT2D eigenvalue weighted by Crippen LogP contribution is -2.46. The van der Waals surface area contributed by atoms with Gasteiger partial charge in [0, 0.05) is 5.41 Å². The maximum Gasteiger partial charge on any atom is 0.272 e. The molecule has 0 bridgehead atoms. The smallest absolute Gasteiger partial charge is 0.272 e. The lowest BCUT2D eigenvalue weighted by atomic mass is 9.92. The zero-order valence-electron chi connectivity index (χ0n) is 14.8. The topological polar surface area (TPSA) is 91.8 Å². The van der Waals surface area contributed by atoms with Gasteiger partial charge in [-0.3, -0.25) is 9.59 Å². The molecule has 2 aromatic heterocycles. The molecule has 0 fully saturated rings. The summed E-state index contributed by atoms with van der Waals surface area (Å²) in [5.74, 6) is 0.633. The van der Waals surface area contributed by atoms with E-state index in [1.165, 1.54) is 12.5 Å². The van der Waals surface area contributed by atoms with E-state index < -0.39 is 11.1 Å². The van der Waals surface area contributed by atoms with Crippen LogP contribution in [0.5, 0.6) is 0 Å². The summed E-state index contributed by atoms with van der Waals surface area (Å²) in [5, 5.41) is 0.257. The number of nitrogens with zero attached hydrogens (tertiary/aromatic N) is 1. The van der Waals surface area contributed by atoms with Crippen molar-refractivity contribution in [3.63, 3.8) is 0 Å². The molecule has 26 heavy (non-hydrogen) atoms. The van der Waals surface area contributed by atoms with Gasteiger partial charge in [-0.1, -0.05) is 50.5 Å². The fourth-order valence-electron chi connectivity index (χ4n) is 2.57. The molecule has 130 valence electrons. The highest BCUT2D eigenvalue weighted by molar-refractivity contribution is 6.32. The number of oxazole rings is 1. The van der Waals surface area contributed by atoms with Crippen LogP contribution in [0.15, 0.2) is 44.7 Å². The summed E-state index contributed by atoms with van der Waals surface area (Å²) in [6.07, 6.45) is 4.40. The van der Waals surface area contributed by atoms with Crippen molar-refractivity contribution in [1.82, 2.24) is 15.0 Å². The fourth-order valence-corrected chi connectivity index (χ4v) is 2.57. The van der Waals surface area contributed by atoms with Gasteiger partial charge in [0.25, 0.3) is 11.1 Å². The van der Waals surface area contributed by atoms with E-state index in [2.05, 4.69) is 15.0 Å². The molecule has 1 aromatic carbocycles. The van der Waals surface area contributed by atoms with Crippen LogP contribution in [0.3, 0.4) is 0 Å². The highest BCUT2D eigenvalue weighted by Gasteiger charge is 2.21. The number of benzene rings is 1. The standard InChI is InChI=1S/C19H18BN3O3/c1-19(2,3)16-13(21-10-26-16)9-15-18(25)22-14(17(24)23-15)8-11-5-4-6-12(20)7-11/h4-10H,1-3H3,(H,22,25)(H,23,24)/b14-8-,15-9-. The van der Waals surface area contributed by atoms with Crippen molar-refractivity contribution in [2.75, 3.05) is 0 Å². The van der Waals surface area contributed by atoms with Crippen LogP contribution in [-0.2, 0) is 5.41 Å². The van der Waals surface area contributed by atoms with Crippen molar-refractivity contribution >= 4 is 25.5 Å². The van der Waals surface area contributed by atoms with Crippen LogP contribution in [0.2, 0.25) is 0 Å². The summed E-state index contributed by atoms with van der Waals surface area (Å²) in [5.41, 5.74) is 0.668. The highest BCUT2D eigenvalue weighted by atomic mass is 16.3. The molecule has 6 nitrogen and oxygen atoms in total. The molecule has 0 aliphatic rings. The molecule has 0 amide bonds. The number of H-pyrrole nitrogens is 2. The van der Waals surface area contributed by atoms with Crippen molar-refractivity contribution in [1.29, 1.82) is 0 Å². The van der Waals surface area contributed by atoms with Gasteiger partial charge in [0.1, 0.15) is 30.0 Å². The van der Waals surface area contributed by atoms with Crippen LogP contribution >= 0.6 is 0 Å². The Balaban J connectivity index is 2.14. The van der Waals surface area contributed by atoms with E-state index in [-0.39, 0.29) is 16.1 Å². The highest BCUT2D eigenvalue weighted by Crippen LogP contribution is 2.25. The minimum Gasteiger partial charge on any atom is -0.447 e. The van der Waals surface area contributed by atoms with Crippen molar-refractivity contribution in [2.45, 2.75) is 26.2 Å². The predicted octanol–water partition coefficient (Wildman–Crippen LogP) is -0.200. The van der Waals surface area contributed by atoms with Crippen LogP contribution in [0, 0.1) is 0 Å². The van der Waals surface area contributed by atoms with Crippen LogP contribution in [0.1, 0.15) is 37.8 Å². The van der Waals surface area contributed by atoms with Gasteiger partial charge in [-0.2, -0.15) is 0 Å². The van der Waals surface area contributed by atoms with Gasteiger partial charge in [0.05, 0.1) is 0 Å². The van der Waals surface area contributed by atoms with E-state index in [9.17, 15) is 9.59 Å². The summed E-state index contributed by atoms with van der Waals surface area (Å²) in [4.78, 5) is 34.0. The third kappa shape index (κ3) is 3.77. The molecule has 3 rings (SSSR count). The summed E-state index contributed by atoms with van der Waals surface area (Å²) in [6, 6.07) is 7.02. The van der Waals surface area contributed by atoms with E-state index >= 15 is 0 Å². The maximum atomic E-state index is 12.4. The second-order valence-electron chi connectivity index (χ2n) is 7.01. The number of aromatic nitrogens is 3. The van der Waals surface area contributed by atoms with Crippen LogP contribution in [-0.4, -0.2) is 22.8 Å². The monoisotopic (exact) mass is 347 g/mol. The molecular formula is C19H18BN3O3. The average Bonchev–Trinajstić information content (AvgIpc) is 3.01. The Morgan fingerprint density at radius 2 is 1.73 bits per heavy atom. The molecule has 3 aromatic rings. The molecule has 7 heteroatoms. The molecule has 2 radical (unpaired) electrons. The Bertz CT molecular complexity index is 1180.